The Morgan fingerprint density at radius 2 is 1.85 bits per heavy atom. The Morgan fingerprint density at radius 1 is 1.15 bits per heavy atom. The van der Waals surface area contributed by atoms with Crippen LogP contribution in [0.25, 0.3) is 17.3 Å². The van der Waals surface area contributed by atoms with Crippen molar-refractivity contribution in [2.75, 3.05) is 0 Å². The molecule has 3 aromatic rings. The molecule has 0 aliphatic rings. The lowest BCUT2D eigenvalue weighted by atomic mass is 10.1. The predicted octanol–water partition coefficient (Wildman–Crippen LogP) is 3.85. The Kier molecular flexibility index (Phi) is 6.72. The second kappa shape index (κ2) is 8.99. The van der Waals surface area contributed by atoms with E-state index in [1.54, 1.807) is 11.6 Å². The minimum absolute atomic E-state index is 0. The Labute approximate surface area is 158 Å². The Hall–Kier alpha value is -2.89. The molecular formula is C20H20ClN3O2. The molecular weight excluding hydrogens is 350 g/mol. The summed E-state index contributed by atoms with van der Waals surface area (Å²) < 4.78 is 2.12. The Bertz CT molecular complexity index is 887. The van der Waals surface area contributed by atoms with Crippen molar-refractivity contribution in [3.63, 3.8) is 0 Å². The van der Waals surface area contributed by atoms with Crippen molar-refractivity contribution < 1.29 is 10.0 Å². The van der Waals surface area contributed by atoms with Crippen LogP contribution in [-0.4, -0.2) is 20.7 Å². The van der Waals surface area contributed by atoms with Crippen molar-refractivity contribution >= 4 is 24.4 Å². The first-order valence-electron chi connectivity index (χ1n) is 7.96. The highest BCUT2D eigenvalue weighted by molar-refractivity contribution is 5.90. The maximum atomic E-state index is 11.0. The van der Waals surface area contributed by atoms with Gasteiger partial charge in [-0.3, -0.25) is 10.0 Å². The molecule has 0 bridgehead atoms. The van der Waals surface area contributed by atoms with Crippen LogP contribution in [0.1, 0.15) is 17.0 Å². The van der Waals surface area contributed by atoms with Gasteiger partial charge in [-0.05, 0) is 24.1 Å². The van der Waals surface area contributed by atoms with Crippen molar-refractivity contribution in [1.82, 2.24) is 15.0 Å². The molecule has 0 saturated heterocycles. The quantitative estimate of drug-likeness (QED) is 0.408. The predicted molar refractivity (Wildman–Crippen MR) is 104 cm³/mol. The number of hydroxylamine groups is 1. The molecule has 0 unspecified atom stereocenters. The molecule has 2 aromatic carbocycles. The van der Waals surface area contributed by atoms with E-state index in [1.807, 2.05) is 49.4 Å². The number of benzene rings is 2. The minimum atomic E-state index is -0.549. The second-order valence-electron chi connectivity index (χ2n) is 5.72. The molecule has 134 valence electrons. The molecule has 6 heteroatoms. The zero-order chi connectivity index (χ0) is 17.6. The summed E-state index contributed by atoms with van der Waals surface area (Å²) in [5.74, 6) is 0.411. The van der Waals surface area contributed by atoms with E-state index in [-0.39, 0.29) is 12.4 Å². The number of aryl methyl sites for hydroxylation is 1. The highest BCUT2D eigenvalue weighted by Gasteiger charge is 2.06. The molecule has 0 spiro atoms. The Balaban J connectivity index is 0.00000243. The lowest BCUT2D eigenvalue weighted by Gasteiger charge is -2.05. The highest BCUT2D eigenvalue weighted by atomic mass is 35.5. The van der Waals surface area contributed by atoms with E-state index < -0.39 is 5.91 Å². The summed E-state index contributed by atoms with van der Waals surface area (Å²) in [6.07, 6.45) is 4.98. The summed E-state index contributed by atoms with van der Waals surface area (Å²) >= 11 is 0. The molecule has 1 amide bonds. The number of hydrogen-bond acceptors (Lipinski definition) is 3. The van der Waals surface area contributed by atoms with Crippen LogP contribution < -0.4 is 5.48 Å². The van der Waals surface area contributed by atoms with E-state index in [4.69, 9.17) is 5.21 Å². The molecule has 0 radical (unpaired) electrons. The fourth-order valence-electron chi connectivity index (χ4n) is 2.56. The van der Waals surface area contributed by atoms with Crippen molar-refractivity contribution in [2.45, 2.75) is 13.5 Å². The lowest BCUT2D eigenvalue weighted by Crippen LogP contribution is -2.14. The van der Waals surface area contributed by atoms with Gasteiger partial charge in [0.2, 0.25) is 0 Å². The molecule has 2 N–H and O–H groups in total. The van der Waals surface area contributed by atoms with Crippen LogP contribution in [-0.2, 0) is 11.3 Å². The third-order valence-electron chi connectivity index (χ3n) is 3.92. The van der Waals surface area contributed by atoms with Gasteiger partial charge in [-0.25, -0.2) is 10.5 Å². The van der Waals surface area contributed by atoms with Gasteiger partial charge in [-0.15, -0.1) is 12.4 Å². The maximum absolute atomic E-state index is 11.0. The third kappa shape index (κ3) is 4.81. The smallest absolute Gasteiger partial charge is 0.267 e. The fourth-order valence-corrected chi connectivity index (χ4v) is 2.56. The van der Waals surface area contributed by atoms with Gasteiger partial charge in [0.1, 0.15) is 5.82 Å². The molecule has 0 aliphatic heterocycles. The third-order valence-corrected chi connectivity index (χ3v) is 3.92. The van der Waals surface area contributed by atoms with Gasteiger partial charge in [0.05, 0.1) is 5.69 Å². The first-order chi connectivity index (χ1) is 12.2. The number of carbonyl (C=O) groups is 1. The minimum Gasteiger partial charge on any atom is -0.330 e. The normalized spacial score (nSPS) is 10.5. The number of carbonyl (C=O) groups excluding carboxylic acids is 1. The first kappa shape index (κ1) is 19.4. The van der Waals surface area contributed by atoms with Crippen LogP contribution in [0.5, 0.6) is 0 Å². The van der Waals surface area contributed by atoms with E-state index in [2.05, 4.69) is 27.9 Å². The molecule has 5 nitrogen and oxygen atoms in total. The maximum Gasteiger partial charge on any atom is 0.267 e. The van der Waals surface area contributed by atoms with E-state index in [1.165, 1.54) is 6.08 Å². The number of amides is 1. The number of nitrogens with one attached hydrogen (secondary N) is 1. The SMILES string of the molecule is Cc1nc(-c2ccccc2)cn1Cc1ccc(/C=C/C(=O)NO)cc1.Cl. The van der Waals surface area contributed by atoms with Crippen LogP contribution >= 0.6 is 12.4 Å². The standard InChI is InChI=1S/C20H19N3O2.ClH/c1-15-21-19(18-5-3-2-4-6-18)14-23(15)13-17-9-7-16(8-10-17)11-12-20(24)22-25;/h2-12,14,25H,13H2,1H3,(H,22,24);1H/b12-11+;. The largest absolute Gasteiger partial charge is 0.330 e. The van der Waals surface area contributed by atoms with Crippen molar-refractivity contribution in [3.05, 3.63) is 83.8 Å². The van der Waals surface area contributed by atoms with Gasteiger partial charge >= 0.3 is 0 Å². The lowest BCUT2D eigenvalue weighted by molar-refractivity contribution is -0.124. The van der Waals surface area contributed by atoms with Crippen LogP contribution in [0.2, 0.25) is 0 Å². The topological polar surface area (TPSA) is 67.2 Å². The summed E-state index contributed by atoms with van der Waals surface area (Å²) in [5, 5.41) is 8.47. The Morgan fingerprint density at radius 3 is 2.50 bits per heavy atom. The molecule has 0 saturated carbocycles. The summed E-state index contributed by atoms with van der Waals surface area (Å²) in [6.45, 7) is 2.73. The molecule has 0 fully saturated rings. The number of rotatable bonds is 5. The molecule has 26 heavy (non-hydrogen) atoms. The van der Waals surface area contributed by atoms with Crippen molar-refractivity contribution in [1.29, 1.82) is 0 Å². The van der Waals surface area contributed by atoms with Crippen LogP contribution in [0, 0.1) is 6.92 Å². The van der Waals surface area contributed by atoms with E-state index in [0.717, 1.165) is 34.8 Å². The van der Waals surface area contributed by atoms with Gasteiger partial charge in [0, 0.05) is 24.4 Å². The highest BCUT2D eigenvalue weighted by Crippen LogP contribution is 2.19. The van der Waals surface area contributed by atoms with Gasteiger partial charge in [-0.1, -0.05) is 54.6 Å². The van der Waals surface area contributed by atoms with E-state index in [9.17, 15) is 4.79 Å². The fraction of sp³-hybridized carbons (Fsp3) is 0.100. The van der Waals surface area contributed by atoms with E-state index in [0.29, 0.717) is 0 Å². The van der Waals surface area contributed by atoms with E-state index >= 15 is 0 Å². The van der Waals surface area contributed by atoms with Crippen LogP contribution in [0.4, 0.5) is 0 Å². The van der Waals surface area contributed by atoms with Gasteiger partial charge in [-0.2, -0.15) is 0 Å². The number of aromatic nitrogens is 2. The van der Waals surface area contributed by atoms with Gasteiger partial charge in [0.25, 0.3) is 5.91 Å². The van der Waals surface area contributed by atoms with Gasteiger partial charge in [0.15, 0.2) is 0 Å². The van der Waals surface area contributed by atoms with Crippen LogP contribution in [0.3, 0.4) is 0 Å². The zero-order valence-electron chi connectivity index (χ0n) is 14.3. The summed E-state index contributed by atoms with van der Waals surface area (Å²) in [7, 11) is 0. The number of imidazole rings is 1. The monoisotopic (exact) mass is 369 g/mol. The number of nitrogens with zero attached hydrogens (tertiary/aromatic N) is 2. The second-order valence-corrected chi connectivity index (χ2v) is 5.72. The van der Waals surface area contributed by atoms with Crippen molar-refractivity contribution in [2.24, 2.45) is 0 Å². The molecule has 1 heterocycles. The number of hydrogen-bond donors (Lipinski definition) is 2. The zero-order valence-corrected chi connectivity index (χ0v) is 15.1. The first-order valence-corrected chi connectivity index (χ1v) is 7.96. The molecule has 1 aromatic heterocycles. The number of halogens is 1. The molecule has 0 atom stereocenters. The molecule has 0 aliphatic carbocycles. The van der Waals surface area contributed by atoms with Crippen molar-refractivity contribution in [3.8, 4) is 11.3 Å². The van der Waals surface area contributed by atoms with Gasteiger partial charge < -0.3 is 4.57 Å². The summed E-state index contributed by atoms with van der Waals surface area (Å²) in [5.41, 5.74) is 5.67. The summed E-state index contributed by atoms with van der Waals surface area (Å²) in [6, 6.07) is 18.0. The summed E-state index contributed by atoms with van der Waals surface area (Å²) in [4.78, 5) is 15.6. The average molecular weight is 370 g/mol. The molecule has 3 rings (SSSR count). The van der Waals surface area contributed by atoms with Crippen LogP contribution in [0.15, 0.2) is 66.9 Å². The average Bonchev–Trinajstić information content (AvgIpc) is 3.02.